The SMILES string of the molecule is O=C(c1ccc(F)c(F)c1)N1CCC[C@H](c2nnc(-c3ccc4c(c3)OCO4)o2)C1. The quantitative estimate of drug-likeness (QED) is 0.651. The Morgan fingerprint density at radius 1 is 1.03 bits per heavy atom. The molecule has 9 heteroatoms. The highest BCUT2D eigenvalue weighted by Crippen LogP contribution is 2.36. The van der Waals surface area contributed by atoms with Crippen molar-refractivity contribution < 1.29 is 27.5 Å². The molecule has 0 spiro atoms. The topological polar surface area (TPSA) is 77.7 Å². The Hall–Kier alpha value is -3.49. The van der Waals surface area contributed by atoms with E-state index in [9.17, 15) is 13.6 Å². The maximum absolute atomic E-state index is 13.5. The summed E-state index contributed by atoms with van der Waals surface area (Å²) in [7, 11) is 0. The summed E-state index contributed by atoms with van der Waals surface area (Å²) in [5, 5.41) is 8.29. The number of carbonyl (C=O) groups excluding carboxylic acids is 1. The number of piperidine rings is 1. The highest BCUT2D eigenvalue weighted by Gasteiger charge is 2.29. The normalized spacial score (nSPS) is 17.9. The summed E-state index contributed by atoms with van der Waals surface area (Å²) in [6.07, 6.45) is 1.52. The van der Waals surface area contributed by atoms with Crippen LogP contribution in [0.4, 0.5) is 8.78 Å². The molecular weight excluding hydrogens is 396 g/mol. The molecule has 2 aliphatic heterocycles. The molecule has 1 fully saturated rings. The molecule has 0 saturated carbocycles. The van der Waals surface area contributed by atoms with Crippen LogP contribution in [-0.4, -0.2) is 40.9 Å². The lowest BCUT2D eigenvalue weighted by Crippen LogP contribution is -2.39. The van der Waals surface area contributed by atoms with Gasteiger partial charge < -0.3 is 18.8 Å². The van der Waals surface area contributed by atoms with Gasteiger partial charge in [0.1, 0.15) is 0 Å². The Labute approximate surface area is 170 Å². The molecule has 1 aromatic heterocycles. The molecule has 3 aromatic rings. The number of hydrogen-bond acceptors (Lipinski definition) is 6. The largest absolute Gasteiger partial charge is 0.454 e. The smallest absolute Gasteiger partial charge is 0.253 e. The second-order valence-electron chi connectivity index (χ2n) is 7.23. The zero-order valence-corrected chi connectivity index (χ0v) is 15.8. The first-order valence-electron chi connectivity index (χ1n) is 9.56. The molecule has 7 nitrogen and oxygen atoms in total. The van der Waals surface area contributed by atoms with Crippen molar-refractivity contribution in [2.24, 2.45) is 0 Å². The fourth-order valence-electron chi connectivity index (χ4n) is 3.72. The maximum Gasteiger partial charge on any atom is 0.253 e. The van der Waals surface area contributed by atoms with Gasteiger partial charge in [0.05, 0.1) is 5.92 Å². The standard InChI is InChI=1S/C21H17F2N3O4/c22-15-5-3-13(8-16(15)23)21(27)26-7-1-2-14(10-26)20-25-24-19(30-20)12-4-6-17-18(9-12)29-11-28-17/h3-6,8-9,14H,1-2,7,10-11H2/t14-/m0/s1. The lowest BCUT2D eigenvalue weighted by atomic mass is 9.97. The Bertz CT molecular complexity index is 1120. The average Bonchev–Trinajstić information content (AvgIpc) is 3.44. The van der Waals surface area contributed by atoms with Gasteiger partial charge in [0, 0.05) is 24.2 Å². The van der Waals surface area contributed by atoms with Crippen LogP contribution in [0, 0.1) is 11.6 Å². The molecule has 30 heavy (non-hydrogen) atoms. The molecule has 2 aliphatic rings. The van der Waals surface area contributed by atoms with Gasteiger partial charge in [-0.15, -0.1) is 10.2 Å². The van der Waals surface area contributed by atoms with E-state index in [4.69, 9.17) is 13.9 Å². The molecule has 2 aromatic carbocycles. The van der Waals surface area contributed by atoms with Gasteiger partial charge in [0.2, 0.25) is 18.6 Å². The van der Waals surface area contributed by atoms with E-state index in [-0.39, 0.29) is 24.2 Å². The van der Waals surface area contributed by atoms with E-state index < -0.39 is 11.6 Å². The van der Waals surface area contributed by atoms with Gasteiger partial charge in [-0.1, -0.05) is 0 Å². The van der Waals surface area contributed by atoms with Gasteiger partial charge >= 0.3 is 0 Å². The molecule has 0 unspecified atom stereocenters. The van der Waals surface area contributed by atoms with E-state index >= 15 is 0 Å². The first-order valence-corrected chi connectivity index (χ1v) is 9.56. The van der Waals surface area contributed by atoms with Crippen molar-refractivity contribution in [3.05, 3.63) is 59.5 Å². The van der Waals surface area contributed by atoms with Crippen molar-refractivity contribution in [1.82, 2.24) is 15.1 Å². The summed E-state index contributed by atoms with van der Waals surface area (Å²) in [5.41, 5.74) is 0.824. The monoisotopic (exact) mass is 413 g/mol. The molecule has 1 atom stereocenters. The lowest BCUT2D eigenvalue weighted by Gasteiger charge is -2.31. The summed E-state index contributed by atoms with van der Waals surface area (Å²) in [6, 6.07) is 8.54. The second kappa shape index (κ2) is 7.40. The molecule has 1 saturated heterocycles. The maximum atomic E-state index is 13.5. The van der Waals surface area contributed by atoms with Gasteiger partial charge in [-0.25, -0.2) is 8.78 Å². The Kier molecular flexibility index (Phi) is 4.57. The number of rotatable bonds is 3. The molecule has 3 heterocycles. The van der Waals surface area contributed by atoms with Gasteiger partial charge in [0.25, 0.3) is 5.91 Å². The zero-order valence-electron chi connectivity index (χ0n) is 15.8. The molecule has 0 N–H and O–H groups in total. The first kappa shape index (κ1) is 18.5. The number of halogens is 2. The van der Waals surface area contributed by atoms with Crippen LogP contribution in [0.1, 0.15) is 35.0 Å². The summed E-state index contributed by atoms with van der Waals surface area (Å²) >= 11 is 0. The van der Waals surface area contributed by atoms with E-state index in [1.807, 2.05) is 6.07 Å². The second-order valence-corrected chi connectivity index (χ2v) is 7.23. The number of ether oxygens (including phenoxy) is 2. The Balaban J connectivity index is 1.33. The zero-order chi connectivity index (χ0) is 20.7. The Morgan fingerprint density at radius 2 is 1.90 bits per heavy atom. The van der Waals surface area contributed by atoms with E-state index in [1.54, 1.807) is 17.0 Å². The number of nitrogens with zero attached hydrogens (tertiary/aromatic N) is 3. The van der Waals surface area contributed by atoms with Crippen molar-refractivity contribution in [3.8, 4) is 23.0 Å². The van der Waals surface area contributed by atoms with Crippen LogP contribution in [0.2, 0.25) is 0 Å². The van der Waals surface area contributed by atoms with Crippen molar-refractivity contribution in [2.45, 2.75) is 18.8 Å². The van der Waals surface area contributed by atoms with E-state index in [0.717, 1.165) is 25.0 Å². The fraction of sp³-hybridized carbons (Fsp3) is 0.286. The van der Waals surface area contributed by atoms with Gasteiger partial charge in [-0.05, 0) is 49.2 Å². The molecule has 5 rings (SSSR count). The number of amides is 1. The average molecular weight is 413 g/mol. The number of likely N-dealkylation sites (tertiary alicyclic amines) is 1. The van der Waals surface area contributed by atoms with Crippen LogP contribution in [-0.2, 0) is 0 Å². The van der Waals surface area contributed by atoms with Crippen LogP contribution >= 0.6 is 0 Å². The van der Waals surface area contributed by atoms with Crippen LogP contribution in [0.5, 0.6) is 11.5 Å². The fourth-order valence-corrected chi connectivity index (χ4v) is 3.72. The van der Waals surface area contributed by atoms with Crippen LogP contribution in [0.25, 0.3) is 11.5 Å². The molecule has 1 amide bonds. The third-order valence-corrected chi connectivity index (χ3v) is 5.28. The van der Waals surface area contributed by atoms with E-state index in [2.05, 4.69) is 10.2 Å². The van der Waals surface area contributed by atoms with E-state index in [0.29, 0.717) is 41.9 Å². The minimum Gasteiger partial charge on any atom is -0.454 e. The lowest BCUT2D eigenvalue weighted by molar-refractivity contribution is 0.0698. The number of hydrogen-bond donors (Lipinski definition) is 0. The summed E-state index contributed by atoms with van der Waals surface area (Å²) in [4.78, 5) is 14.3. The van der Waals surface area contributed by atoms with Gasteiger partial charge in [0.15, 0.2) is 23.1 Å². The first-order chi connectivity index (χ1) is 14.6. The van der Waals surface area contributed by atoms with Gasteiger partial charge in [-0.2, -0.15) is 0 Å². The minimum absolute atomic E-state index is 0.112. The van der Waals surface area contributed by atoms with Crippen molar-refractivity contribution >= 4 is 5.91 Å². The molecule has 0 aliphatic carbocycles. The predicted octanol–water partition coefficient (Wildman–Crippen LogP) is 3.76. The number of benzene rings is 2. The van der Waals surface area contributed by atoms with Crippen LogP contribution in [0.3, 0.4) is 0 Å². The number of fused-ring (bicyclic) bond motifs is 1. The van der Waals surface area contributed by atoms with Crippen LogP contribution < -0.4 is 9.47 Å². The van der Waals surface area contributed by atoms with E-state index in [1.165, 1.54) is 6.07 Å². The molecule has 0 bridgehead atoms. The third kappa shape index (κ3) is 3.36. The predicted molar refractivity (Wildman–Crippen MR) is 100 cm³/mol. The number of aromatic nitrogens is 2. The highest BCUT2D eigenvalue weighted by molar-refractivity contribution is 5.94. The van der Waals surface area contributed by atoms with Crippen molar-refractivity contribution in [3.63, 3.8) is 0 Å². The third-order valence-electron chi connectivity index (χ3n) is 5.28. The van der Waals surface area contributed by atoms with Crippen molar-refractivity contribution in [1.29, 1.82) is 0 Å². The molecular formula is C21H17F2N3O4. The molecule has 154 valence electrons. The summed E-state index contributed by atoms with van der Waals surface area (Å²) in [6.45, 7) is 1.07. The Morgan fingerprint density at radius 3 is 2.77 bits per heavy atom. The minimum atomic E-state index is -1.04. The van der Waals surface area contributed by atoms with Gasteiger partial charge in [-0.3, -0.25) is 4.79 Å². The molecule has 0 radical (unpaired) electrons. The summed E-state index contributed by atoms with van der Waals surface area (Å²) in [5.74, 6) is -0.440. The van der Waals surface area contributed by atoms with Crippen LogP contribution in [0.15, 0.2) is 40.8 Å². The summed E-state index contributed by atoms with van der Waals surface area (Å²) < 4.78 is 43.2. The number of carbonyl (C=O) groups is 1. The van der Waals surface area contributed by atoms with Crippen molar-refractivity contribution in [2.75, 3.05) is 19.9 Å². The highest BCUT2D eigenvalue weighted by atomic mass is 19.2.